The molecule has 1 aromatic heterocycles. The lowest BCUT2D eigenvalue weighted by atomic mass is 9.95. The summed E-state index contributed by atoms with van der Waals surface area (Å²) in [5, 5.41) is 3.37. The fraction of sp³-hybridized carbons (Fsp3) is 0.417. The first-order valence-corrected chi connectivity index (χ1v) is 12.4. The number of methoxy groups -OCH3 is 1. The maximum absolute atomic E-state index is 14.9. The number of alkyl halides is 3. The number of anilines is 1. The zero-order valence-electron chi connectivity index (χ0n) is 19.5. The summed E-state index contributed by atoms with van der Waals surface area (Å²) in [4.78, 5) is 19.4. The monoisotopic (exact) mass is 526 g/mol. The zero-order valence-corrected chi connectivity index (χ0v) is 20.3. The number of nitrogens with zero attached hydrogens (tertiary/aromatic N) is 3. The first-order chi connectivity index (χ1) is 17.1. The number of benzene rings is 2. The molecule has 1 N–H and O–H groups in total. The summed E-state index contributed by atoms with van der Waals surface area (Å²) in [5.74, 6) is -1.64. The highest BCUT2D eigenvalue weighted by atomic mass is 32.2. The van der Waals surface area contributed by atoms with E-state index in [0.29, 0.717) is 25.7 Å². The van der Waals surface area contributed by atoms with E-state index in [4.69, 9.17) is 4.74 Å². The second-order valence-electron chi connectivity index (χ2n) is 8.89. The van der Waals surface area contributed by atoms with Crippen LogP contribution in [0.2, 0.25) is 0 Å². The van der Waals surface area contributed by atoms with E-state index in [9.17, 15) is 26.7 Å². The molecule has 0 spiro atoms. The van der Waals surface area contributed by atoms with Gasteiger partial charge in [-0.05, 0) is 25.1 Å². The van der Waals surface area contributed by atoms with Gasteiger partial charge in [-0.1, -0.05) is 0 Å². The van der Waals surface area contributed by atoms with Crippen LogP contribution in [0.5, 0.6) is 0 Å². The first-order valence-electron chi connectivity index (χ1n) is 11.4. The van der Waals surface area contributed by atoms with Crippen LogP contribution in [0.25, 0.3) is 22.0 Å². The number of hydrogen-bond acceptors (Lipinski definition) is 6. The molecule has 2 aromatic carbocycles. The molecule has 2 aliphatic heterocycles. The van der Waals surface area contributed by atoms with Crippen LogP contribution in [0.15, 0.2) is 34.0 Å². The van der Waals surface area contributed by atoms with Gasteiger partial charge in [0.2, 0.25) is 0 Å². The smallest absolute Gasteiger partial charge is 0.379 e. The number of rotatable bonds is 3. The van der Waals surface area contributed by atoms with Crippen molar-refractivity contribution in [3.8, 4) is 11.1 Å². The Labute approximate surface area is 207 Å². The molecule has 2 unspecified atom stereocenters. The zero-order chi connectivity index (χ0) is 25.8. The Kier molecular flexibility index (Phi) is 6.46. The van der Waals surface area contributed by atoms with Crippen molar-refractivity contribution >= 4 is 28.5 Å². The second-order valence-corrected chi connectivity index (χ2v) is 9.92. The largest absolute Gasteiger partial charge is 0.417 e. The van der Waals surface area contributed by atoms with Gasteiger partial charge < -0.3 is 15.0 Å². The molecule has 1 saturated heterocycles. The van der Waals surface area contributed by atoms with Gasteiger partial charge in [0.15, 0.2) is 0 Å². The van der Waals surface area contributed by atoms with Crippen LogP contribution in [-0.2, 0) is 17.5 Å². The van der Waals surface area contributed by atoms with Gasteiger partial charge in [0.25, 0.3) is 0 Å². The van der Waals surface area contributed by atoms with E-state index >= 15 is 0 Å². The van der Waals surface area contributed by atoms with E-state index in [1.54, 1.807) is 0 Å². The molecule has 192 valence electrons. The summed E-state index contributed by atoms with van der Waals surface area (Å²) in [6.45, 7) is 3.57. The molecule has 1 fully saturated rings. The summed E-state index contributed by atoms with van der Waals surface area (Å²) in [7, 11) is 1.45. The molecule has 5 rings (SSSR count). The summed E-state index contributed by atoms with van der Waals surface area (Å²) in [6.07, 6.45) is -5.35. The van der Waals surface area contributed by atoms with Crippen LogP contribution in [0, 0.1) is 11.6 Å². The highest BCUT2D eigenvalue weighted by molar-refractivity contribution is 7.99. The lowest BCUT2D eigenvalue weighted by molar-refractivity contribution is -0.137. The van der Waals surface area contributed by atoms with Crippen LogP contribution in [0.1, 0.15) is 12.5 Å². The summed E-state index contributed by atoms with van der Waals surface area (Å²) < 4.78 is 79.0. The number of ether oxygens (including phenoxy) is 1. The molecule has 0 amide bonds. The third-order valence-corrected chi connectivity index (χ3v) is 7.84. The third kappa shape index (κ3) is 4.24. The van der Waals surface area contributed by atoms with Crippen molar-refractivity contribution in [1.82, 2.24) is 14.9 Å². The lowest BCUT2D eigenvalue weighted by Crippen LogP contribution is -2.51. The standard InChI is InChI=1S/C24H23F5N4O2S/c1-12-9-30-5-6-32(12)22-16-8-17(24(27,28)29)19(15-4-3-13(25)7-18(15)26)21-20(16)33(23(34)31-22)10-14(35-2)11-36-21/h3-4,7-8,12,14,30H,5-6,9-11H2,1-2H3. The molecule has 36 heavy (non-hydrogen) atoms. The predicted octanol–water partition coefficient (Wildman–Crippen LogP) is 4.28. The highest BCUT2D eigenvalue weighted by Crippen LogP contribution is 2.48. The van der Waals surface area contributed by atoms with Crippen molar-refractivity contribution in [3.63, 3.8) is 0 Å². The van der Waals surface area contributed by atoms with Crippen LogP contribution >= 0.6 is 11.8 Å². The van der Waals surface area contributed by atoms with Crippen molar-refractivity contribution in [2.75, 3.05) is 37.4 Å². The minimum Gasteiger partial charge on any atom is -0.379 e. The van der Waals surface area contributed by atoms with Crippen molar-refractivity contribution < 1.29 is 26.7 Å². The summed E-state index contributed by atoms with van der Waals surface area (Å²) in [5.41, 5.74) is -2.27. The van der Waals surface area contributed by atoms with Crippen molar-refractivity contribution in [2.24, 2.45) is 0 Å². The van der Waals surface area contributed by atoms with Gasteiger partial charge in [-0.15, -0.1) is 11.8 Å². The number of halogens is 5. The number of hydrogen-bond donors (Lipinski definition) is 1. The fourth-order valence-electron chi connectivity index (χ4n) is 4.84. The van der Waals surface area contributed by atoms with Crippen LogP contribution in [0.3, 0.4) is 0 Å². The third-order valence-electron chi connectivity index (χ3n) is 6.61. The number of aromatic nitrogens is 2. The molecule has 0 bridgehead atoms. The summed E-state index contributed by atoms with van der Waals surface area (Å²) >= 11 is 1.06. The van der Waals surface area contributed by atoms with E-state index in [1.807, 2.05) is 11.8 Å². The van der Waals surface area contributed by atoms with Gasteiger partial charge in [-0.25, -0.2) is 13.6 Å². The number of piperazine rings is 1. The topological polar surface area (TPSA) is 59.4 Å². The highest BCUT2D eigenvalue weighted by Gasteiger charge is 2.39. The van der Waals surface area contributed by atoms with Crippen LogP contribution in [-0.4, -0.2) is 54.2 Å². The minimum absolute atomic E-state index is 0.0763. The SMILES string of the molecule is COC1CSc2c(-c3ccc(F)cc3F)c(C(F)(F)F)cc3c(N4CCNCC4C)nc(=O)n(c23)C1. The average molecular weight is 527 g/mol. The van der Waals surface area contributed by atoms with E-state index < -0.39 is 46.3 Å². The van der Waals surface area contributed by atoms with Gasteiger partial charge in [0, 0.05) is 66.0 Å². The molecule has 3 aromatic rings. The molecular weight excluding hydrogens is 503 g/mol. The van der Waals surface area contributed by atoms with Gasteiger partial charge in [-0.3, -0.25) is 4.57 Å². The molecule has 2 atom stereocenters. The Bertz CT molecular complexity index is 1390. The number of nitrogens with one attached hydrogen (secondary N) is 1. The Morgan fingerprint density at radius 2 is 2.00 bits per heavy atom. The van der Waals surface area contributed by atoms with Crippen LogP contribution in [0.4, 0.5) is 27.8 Å². The second kappa shape index (κ2) is 9.31. The van der Waals surface area contributed by atoms with Crippen LogP contribution < -0.4 is 15.9 Å². The van der Waals surface area contributed by atoms with Gasteiger partial charge in [0.1, 0.15) is 17.5 Å². The van der Waals surface area contributed by atoms with Gasteiger partial charge in [-0.2, -0.15) is 18.2 Å². The summed E-state index contributed by atoms with van der Waals surface area (Å²) in [6, 6.07) is 3.29. The molecule has 0 saturated carbocycles. The normalized spacial score (nSPS) is 20.6. The van der Waals surface area contributed by atoms with E-state index in [2.05, 4.69) is 10.3 Å². The Hall–Kier alpha value is -2.70. The van der Waals surface area contributed by atoms with E-state index in [0.717, 1.165) is 30.0 Å². The molecular formula is C24H23F5N4O2S. The van der Waals surface area contributed by atoms with Gasteiger partial charge >= 0.3 is 11.9 Å². The van der Waals surface area contributed by atoms with Crippen molar-refractivity contribution in [1.29, 1.82) is 0 Å². The first kappa shape index (κ1) is 25.0. The van der Waals surface area contributed by atoms with Crippen molar-refractivity contribution in [2.45, 2.75) is 36.7 Å². The van der Waals surface area contributed by atoms with Gasteiger partial charge in [0.05, 0.1) is 23.7 Å². The fourth-order valence-corrected chi connectivity index (χ4v) is 6.15. The number of thioether (sulfide) groups is 1. The Morgan fingerprint density at radius 3 is 2.67 bits per heavy atom. The molecule has 3 heterocycles. The maximum atomic E-state index is 14.9. The minimum atomic E-state index is -4.86. The lowest BCUT2D eigenvalue weighted by Gasteiger charge is -2.36. The average Bonchev–Trinajstić information content (AvgIpc) is 3.02. The quantitative estimate of drug-likeness (QED) is 0.515. The van der Waals surface area contributed by atoms with Crippen molar-refractivity contribution in [3.05, 3.63) is 51.9 Å². The van der Waals surface area contributed by atoms with E-state index in [1.165, 1.54) is 11.7 Å². The Morgan fingerprint density at radius 1 is 1.22 bits per heavy atom. The predicted molar refractivity (Wildman–Crippen MR) is 128 cm³/mol. The molecule has 0 radical (unpaired) electrons. The molecule has 12 heteroatoms. The molecule has 6 nitrogen and oxygen atoms in total. The Balaban J connectivity index is 1.93. The van der Waals surface area contributed by atoms with E-state index in [-0.39, 0.29) is 40.0 Å². The molecule has 2 aliphatic rings. The molecule has 0 aliphatic carbocycles. The maximum Gasteiger partial charge on any atom is 0.417 e.